The zero-order chi connectivity index (χ0) is 14.9. The first kappa shape index (κ1) is 15.0. The van der Waals surface area contributed by atoms with E-state index < -0.39 is 5.60 Å². The third kappa shape index (κ3) is 3.47. The van der Waals surface area contributed by atoms with Crippen molar-refractivity contribution in [3.05, 3.63) is 28.8 Å². The highest BCUT2D eigenvalue weighted by Gasteiger charge is 2.34. The van der Waals surface area contributed by atoms with Gasteiger partial charge in [0.2, 0.25) is 0 Å². The van der Waals surface area contributed by atoms with Gasteiger partial charge in [-0.2, -0.15) is 0 Å². The number of thioether (sulfide) groups is 1. The lowest BCUT2D eigenvalue weighted by molar-refractivity contribution is -0.0290. The molecule has 1 fully saturated rings. The summed E-state index contributed by atoms with van der Waals surface area (Å²) in [6.07, 6.45) is 3.46. The van der Waals surface area contributed by atoms with E-state index in [1.807, 2.05) is 18.2 Å². The van der Waals surface area contributed by atoms with E-state index in [1.165, 1.54) is 4.90 Å². The summed E-state index contributed by atoms with van der Waals surface area (Å²) >= 11 is 7.84. The first-order chi connectivity index (χ1) is 10.1. The number of urea groups is 1. The molecule has 6 heteroatoms. The number of halogens is 1. The Labute approximate surface area is 133 Å². The van der Waals surface area contributed by atoms with Gasteiger partial charge in [-0.05, 0) is 49.4 Å². The summed E-state index contributed by atoms with van der Waals surface area (Å²) in [6, 6.07) is 5.56. The summed E-state index contributed by atoms with van der Waals surface area (Å²) in [4.78, 5) is 13.2. The quantitative estimate of drug-likeness (QED) is 0.800. The van der Waals surface area contributed by atoms with E-state index in [2.05, 4.69) is 10.6 Å². The van der Waals surface area contributed by atoms with Crippen molar-refractivity contribution >= 4 is 29.4 Å². The Balaban J connectivity index is 1.60. The van der Waals surface area contributed by atoms with Gasteiger partial charge >= 0.3 is 6.03 Å². The molecule has 0 aromatic heterocycles. The number of hydrogen-bond acceptors (Lipinski definition) is 3. The van der Waals surface area contributed by atoms with Crippen LogP contribution in [0.15, 0.2) is 23.1 Å². The van der Waals surface area contributed by atoms with Crippen LogP contribution in [0.4, 0.5) is 4.79 Å². The maximum Gasteiger partial charge on any atom is 0.315 e. The summed E-state index contributed by atoms with van der Waals surface area (Å²) in [6.45, 7) is 0.322. The van der Waals surface area contributed by atoms with E-state index in [9.17, 15) is 9.90 Å². The van der Waals surface area contributed by atoms with Gasteiger partial charge in [-0.15, -0.1) is 11.8 Å². The average Bonchev–Trinajstić information content (AvgIpc) is 2.44. The van der Waals surface area contributed by atoms with Gasteiger partial charge in [0.05, 0.1) is 11.6 Å². The van der Waals surface area contributed by atoms with Crippen LogP contribution in [0.25, 0.3) is 0 Å². The van der Waals surface area contributed by atoms with E-state index >= 15 is 0 Å². The van der Waals surface area contributed by atoms with Crippen molar-refractivity contribution in [1.82, 2.24) is 10.6 Å². The fraction of sp³-hybridized carbons (Fsp3) is 0.533. The number of fused-ring (bicyclic) bond motifs is 1. The van der Waals surface area contributed by atoms with Crippen LogP contribution in [-0.4, -0.2) is 29.0 Å². The van der Waals surface area contributed by atoms with Gasteiger partial charge in [0.1, 0.15) is 0 Å². The number of carbonyl (C=O) groups excluding carboxylic acids is 1. The minimum Gasteiger partial charge on any atom is -0.388 e. The fourth-order valence-electron chi connectivity index (χ4n) is 2.73. The van der Waals surface area contributed by atoms with Crippen LogP contribution in [0.1, 0.15) is 37.3 Å². The normalized spacial score (nSPS) is 22.9. The highest BCUT2D eigenvalue weighted by Crippen LogP contribution is 2.37. The van der Waals surface area contributed by atoms with Crippen molar-refractivity contribution in [1.29, 1.82) is 0 Å². The third-order valence-corrected chi connectivity index (χ3v) is 5.54. The number of rotatable bonds is 3. The lowest BCUT2D eigenvalue weighted by Crippen LogP contribution is -2.50. The molecular weight excluding hydrogens is 308 g/mol. The Morgan fingerprint density at radius 2 is 2.29 bits per heavy atom. The van der Waals surface area contributed by atoms with Gasteiger partial charge in [-0.1, -0.05) is 11.6 Å². The van der Waals surface area contributed by atoms with Gasteiger partial charge in [0, 0.05) is 22.2 Å². The Hall–Kier alpha value is -0.910. The molecule has 4 nitrogen and oxygen atoms in total. The monoisotopic (exact) mass is 326 g/mol. The fourth-order valence-corrected chi connectivity index (χ4v) is 4.02. The van der Waals surface area contributed by atoms with Crippen LogP contribution in [0, 0.1) is 0 Å². The van der Waals surface area contributed by atoms with Crippen LogP contribution < -0.4 is 10.6 Å². The lowest BCUT2D eigenvalue weighted by Gasteiger charge is -2.36. The number of aliphatic hydroxyl groups is 1. The molecule has 0 radical (unpaired) electrons. The molecule has 1 atom stereocenters. The maximum absolute atomic E-state index is 12.0. The molecule has 1 aliphatic carbocycles. The van der Waals surface area contributed by atoms with Crippen LogP contribution >= 0.6 is 23.4 Å². The zero-order valence-corrected chi connectivity index (χ0v) is 13.3. The van der Waals surface area contributed by atoms with Gasteiger partial charge < -0.3 is 15.7 Å². The molecule has 114 valence electrons. The Bertz CT molecular complexity index is 548. The van der Waals surface area contributed by atoms with Crippen LogP contribution in [-0.2, 0) is 0 Å². The second-order valence-corrected chi connectivity index (χ2v) is 7.35. The number of carbonyl (C=O) groups is 1. The summed E-state index contributed by atoms with van der Waals surface area (Å²) in [5.41, 5.74) is 0.386. The molecule has 3 rings (SSSR count). The largest absolute Gasteiger partial charge is 0.388 e. The van der Waals surface area contributed by atoms with Gasteiger partial charge in [-0.25, -0.2) is 4.79 Å². The van der Waals surface area contributed by atoms with Gasteiger partial charge in [0.15, 0.2) is 0 Å². The number of benzene rings is 1. The van der Waals surface area contributed by atoms with Crippen LogP contribution in [0.2, 0.25) is 5.02 Å². The van der Waals surface area contributed by atoms with E-state index in [0.717, 1.165) is 37.0 Å². The molecule has 2 aliphatic rings. The van der Waals surface area contributed by atoms with Crippen molar-refractivity contribution in [3.63, 3.8) is 0 Å². The van der Waals surface area contributed by atoms with Crippen LogP contribution in [0.5, 0.6) is 0 Å². The molecule has 0 bridgehead atoms. The van der Waals surface area contributed by atoms with Crippen molar-refractivity contribution in [2.24, 2.45) is 0 Å². The third-order valence-electron chi connectivity index (χ3n) is 4.18. The number of nitrogens with one attached hydrogen (secondary N) is 2. The Kier molecular flexibility index (Phi) is 4.33. The van der Waals surface area contributed by atoms with Gasteiger partial charge in [0.25, 0.3) is 0 Å². The molecule has 1 heterocycles. The molecule has 0 spiro atoms. The molecule has 0 saturated heterocycles. The SMILES string of the molecule is O=C(NCC1(O)CCC1)NC1CCSc2ccc(Cl)cc21. The van der Waals surface area contributed by atoms with E-state index in [1.54, 1.807) is 11.8 Å². The minimum atomic E-state index is -0.693. The average molecular weight is 327 g/mol. The Morgan fingerprint density at radius 1 is 1.48 bits per heavy atom. The highest BCUT2D eigenvalue weighted by atomic mass is 35.5. The minimum absolute atomic E-state index is 0.0176. The van der Waals surface area contributed by atoms with Crippen molar-refractivity contribution in [2.45, 2.75) is 42.2 Å². The van der Waals surface area contributed by atoms with Crippen molar-refractivity contribution in [3.8, 4) is 0 Å². The molecule has 1 aromatic carbocycles. The maximum atomic E-state index is 12.0. The molecule has 3 N–H and O–H groups in total. The summed E-state index contributed by atoms with van der Waals surface area (Å²) in [7, 11) is 0. The second kappa shape index (κ2) is 6.07. The summed E-state index contributed by atoms with van der Waals surface area (Å²) < 4.78 is 0. The second-order valence-electron chi connectivity index (χ2n) is 5.78. The summed E-state index contributed by atoms with van der Waals surface area (Å²) in [5, 5.41) is 16.5. The first-order valence-electron chi connectivity index (χ1n) is 7.25. The van der Waals surface area contributed by atoms with E-state index in [4.69, 9.17) is 11.6 Å². The van der Waals surface area contributed by atoms with E-state index in [0.29, 0.717) is 11.6 Å². The number of amides is 2. The summed E-state index contributed by atoms with van der Waals surface area (Å²) in [5.74, 6) is 0.976. The molecular formula is C15H19ClN2O2S. The molecule has 1 unspecified atom stereocenters. The van der Waals surface area contributed by atoms with Crippen molar-refractivity contribution < 1.29 is 9.90 Å². The number of hydrogen-bond donors (Lipinski definition) is 3. The lowest BCUT2D eigenvalue weighted by atomic mass is 9.80. The smallest absolute Gasteiger partial charge is 0.315 e. The van der Waals surface area contributed by atoms with E-state index in [-0.39, 0.29) is 12.1 Å². The molecule has 2 amide bonds. The standard InChI is InChI=1S/C15H19ClN2O2S/c16-10-2-3-13-11(8-10)12(4-7-21-13)18-14(19)17-9-15(20)5-1-6-15/h2-3,8,12,20H,1,4-7,9H2,(H2,17,18,19). The molecule has 1 aliphatic heterocycles. The predicted octanol–water partition coefficient (Wildman–Crippen LogP) is 3.09. The zero-order valence-electron chi connectivity index (χ0n) is 11.7. The highest BCUT2D eigenvalue weighted by molar-refractivity contribution is 7.99. The topological polar surface area (TPSA) is 61.4 Å². The first-order valence-corrected chi connectivity index (χ1v) is 8.61. The Morgan fingerprint density at radius 3 is 3.00 bits per heavy atom. The molecule has 1 aromatic rings. The predicted molar refractivity (Wildman–Crippen MR) is 84.9 cm³/mol. The van der Waals surface area contributed by atoms with Crippen LogP contribution in [0.3, 0.4) is 0 Å². The van der Waals surface area contributed by atoms with Gasteiger partial charge in [-0.3, -0.25) is 0 Å². The molecule has 1 saturated carbocycles. The van der Waals surface area contributed by atoms with Crippen molar-refractivity contribution in [2.75, 3.05) is 12.3 Å². The molecule has 21 heavy (non-hydrogen) atoms.